The highest BCUT2D eigenvalue weighted by Crippen LogP contribution is 2.16. The van der Waals surface area contributed by atoms with Crippen LogP contribution in [0.3, 0.4) is 0 Å². The molecule has 0 saturated carbocycles. The number of methoxy groups -OCH3 is 1. The third-order valence-corrected chi connectivity index (χ3v) is 3.72. The van der Waals surface area contributed by atoms with Gasteiger partial charge < -0.3 is 9.47 Å². The maximum Gasteiger partial charge on any atom is 0.343 e. The molecule has 3 rings (SSSR count). The molecule has 0 aliphatic carbocycles. The first kappa shape index (κ1) is 18.8. The standard InChI is InChI=1S/C21H17N3O4/c1-27-18-7-5-17(6-8-18)21(26)28-19-4-2-3-15(13-19)14-23-24-20(25)16-9-11-22-12-10-16/h2-14H,1H3,(H,24,25). The van der Waals surface area contributed by atoms with E-state index in [2.05, 4.69) is 15.5 Å². The summed E-state index contributed by atoms with van der Waals surface area (Å²) in [6.45, 7) is 0. The third-order valence-electron chi connectivity index (χ3n) is 3.72. The lowest BCUT2D eigenvalue weighted by molar-refractivity contribution is 0.0734. The van der Waals surface area contributed by atoms with E-state index in [1.807, 2.05) is 0 Å². The van der Waals surface area contributed by atoms with Crippen LogP contribution in [0.4, 0.5) is 0 Å². The molecule has 0 aliphatic rings. The van der Waals surface area contributed by atoms with Crippen molar-refractivity contribution >= 4 is 18.1 Å². The van der Waals surface area contributed by atoms with Crippen LogP contribution in [-0.2, 0) is 0 Å². The molecule has 1 amide bonds. The van der Waals surface area contributed by atoms with E-state index in [0.717, 1.165) is 0 Å². The second-order valence-electron chi connectivity index (χ2n) is 5.63. The zero-order chi connectivity index (χ0) is 19.8. The monoisotopic (exact) mass is 375 g/mol. The van der Waals surface area contributed by atoms with Crippen molar-refractivity contribution in [3.63, 3.8) is 0 Å². The predicted molar refractivity (Wildman–Crippen MR) is 104 cm³/mol. The van der Waals surface area contributed by atoms with Gasteiger partial charge in [-0.3, -0.25) is 9.78 Å². The molecule has 0 radical (unpaired) electrons. The molecule has 0 fully saturated rings. The van der Waals surface area contributed by atoms with Gasteiger partial charge in [0, 0.05) is 18.0 Å². The summed E-state index contributed by atoms with van der Waals surface area (Å²) in [5.74, 6) is 0.192. The van der Waals surface area contributed by atoms with Crippen LogP contribution in [-0.4, -0.2) is 30.2 Å². The summed E-state index contributed by atoms with van der Waals surface area (Å²) in [7, 11) is 1.56. The summed E-state index contributed by atoms with van der Waals surface area (Å²) in [5.41, 5.74) is 3.95. The second-order valence-corrected chi connectivity index (χ2v) is 5.63. The van der Waals surface area contributed by atoms with Crippen molar-refractivity contribution in [1.29, 1.82) is 0 Å². The molecule has 0 atom stereocenters. The van der Waals surface area contributed by atoms with Gasteiger partial charge in [0.2, 0.25) is 0 Å². The number of amides is 1. The number of hydrazone groups is 1. The number of aromatic nitrogens is 1. The Morgan fingerprint density at radius 1 is 0.964 bits per heavy atom. The van der Waals surface area contributed by atoms with Crippen LogP contribution in [0.15, 0.2) is 78.2 Å². The third kappa shape index (κ3) is 5.01. The minimum absolute atomic E-state index is 0.347. The summed E-state index contributed by atoms with van der Waals surface area (Å²) >= 11 is 0. The number of nitrogens with zero attached hydrogens (tertiary/aromatic N) is 2. The first-order valence-electron chi connectivity index (χ1n) is 8.35. The summed E-state index contributed by atoms with van der Waals surface area (Å²) in [4.78, 5) is 28.0. The number of nitrogens with one attached hydrogen (secondary N) is 1. The van der Waals surface area contributed by atoms with Crippen LogP contribution in [0, 0.1) is 0 Å². The molecular formula is C21H17N3O4. The molecule has 28 heavy (non-hydrogen) atoms. The molecular weight excluding hydrogens is 358 g/mol. The van der Waals surface area contributed by atoms with Crippen molar-refractivity contribution in [3.8, 4) is 11.5 Å². The summed E-state index contributed by atoms with van der Waals surface area (Å²) < 4.78 is 10.4. The van der Waals surface area contributed by atoms with Gasteiger partial charge in [0.05, 0.1) is 18.9 Å². The first-order chi connectivity index (χ1) is 13.7. The fraction of sp³-hybridized carbons (Fsp3) is 0.0476. The smallest absolute Gasteiger partial charge is 0.343 e. The average molecular weight is 375 g/mol. The van der Waals surface area contributed by atoms with Gasteiger partial charge >= 0.3 is 5.97 Å². The largest absolute Gasteiger partial charge is 0.497 e. The SMILES string of the molecule is COc1ccc(C(=O)Oc2cccc(C=NNC(=O)c3ccncc3)c2)cc1. The van der Waals surface area contributed by atoms with E-state index >= 15 is 0 Å². The topological polar surface area (TPSA) is 89.9 Å². The van der Waals surface area contributed by atoms with E-state index in [0.29, 0.717) is 28.2 Å². The molecule has 0 spiro atoms. The number of rotatable bonds is 6. The maximum atomic E-state index is 12.2. The van der Waals surface area contributed by atoms with Crippen LogP contribution < -0.4 is 14.9 Å². The minimum Gasteiger partial charge on any atom is -0.497 e. The van der Waals surface area contributed by atoms with Crippen molar-refractivity contribution in [1.82, 2.24) is 10.4 Å². The molecule has 2 aromatic carbocycles. The highest BCUT2D eigenvalue weighted by molar-refractivity contribution is 5.95. The highest BCUT2D eigenvalue weighted by atomic mass is 16.5. The van der Waals surface area contributed by atoms with Gasteiger partial charge in [-0.15, -0.1) is 0 Å². The summed E-state index contributed by atoms with van der Waals surface area (Å²) in [6.07, 6.45) is 4.52. The van der Waals surface area contributed by atoms with Crippen LogP contribution in [0.1, 0.15) is 26.3 Å². The van der Waals surface area contributed by atoms with Gasteiger partial charge in [-0.25, -0.2) is 10.2 Å². The molecule has 0 unspecified atom stereocenters. The lowest BCUT2D eigenvalue weighted by Gasteiger charge is -2.06. The number of carbonyl (C=O) groups excluding carboxylic acids is 2. The lowest BCUT2D eigenvalue weighted by Crippen LogP contribution is -2.17. The Labute approximate surface area is 161 Å². The Morgan fingerprint density at radius 2 is 1.71 bits per heavy atom. The van der Waals surface area contributed by atoms with Crippen molar-refractivity contribution in [2.75, 3.05) is 7.11 Å². The second kappa shape index (κ2) is 9.09. The van der Waals surface area contributed by atoms with Crippen molar-refractivity contribution < 1.29 is 19.1 Å². The first-order valence-corrected chi connectivity index (χ1v) is 8.35. The quantitative estimate of drug-likeness (QED) is 0.309. The number of benzene rings is 2. The Balaban J connectivity index is 1.61. The fourth-order valence-corrected chi connectivity index (χ4v) is 2.28. The number of hydrogen-bond donors (Lipinski definition) is 1. The molecule has 0 saturated heterocycles. The average Bonchev–Trinajstić information content (AvgIpc) is 2.74. The molecule has 7 nitrogen and oxygen atoms in total. The van der Waals surface area contributed by atoms with Gasteiger partial charge in [-0.05, 0) is 54.1 Å². The van der Waals surface area contributed by atoms with Gasteiger partial charge in [0.25, 0.3) is 5.91 Å². The number of ether oxygens (including phenoxy) is 2. The van der Waals surface area contributed by atoms with Crippen molar-refractivity contribution in [2.45, 2.75) is 0 Å². The van der Waals surface area contributed by atoms with Crippen molar-refractivity contribution in [3.05, 3.63) is 89.7 Å². The van der Waals surface area contributed by atoms with Crippen LogP contribution in [0.2, 0.25) is 0 Å². The number of esters is 1. The van der Waals surface area contributed by atoms with E-state index in [1.54, 1.807) is 67.8 Å². The Morgan fingerprint density at radius 3 is 2.43 bits per heavy atom. The van der Waals surface area contributed by atoms with E-state index in [4.69, 9.17) is 9.47 Å². The van der Waals surface area contributed by atoms with Crippen LogP contribution in [0.25, 0.3) is 0 Å². The van der Waals surface area contributed by atoms with Crippen LogP contribution >= 0.6 is 0 Å². The minimum atomic E-state index is -0.484. The van der Waals surface area contributed by atoms with E-state index in [1.165, 1.54) is 18.6 Å². The maximum absolute atomic E-state index is 12.2. The molecule has 1 aromatic heterocycles. The van der Waals surface area contributed by atoms with E-state index in [-0.39, 0.29) is 5.91 Å². The van der Waals surface area contributed by atoms with Crippen LogP contribution in [0.5, 0.6) is 11.5 Å². The zero-order valence-corrected chi connectivity index (χ0v) is 15.0. The van der Waals surface area contributed by atoms with Gasteiger partial charge in [-0.1, -0.05) is 12.1 Å². The zero-order valence-electron chi connectivity index (χ0n) is 15.0. The molecule has 1 N–H and O–H groups in total. The van der Waals surface area contributed by atoms with Crippen molar-refractivity contribution in [2.24, 2.45) is 5.10 Å². The van der Waals surface area contributed by atoms with E-state index < -0.39 is 5.97 Å². The number of pyridine rings is 1. The molecule has 0 bridgehead atoms. The predicted octanol–water partition coefficient (Wildman–Crippen LogP) is 3.07. The highest BCUT2D eigenvalue weighted by Gasteiger charge is 2.09. The Hall–Kier alpha value is -4.00. The summed E-state index contributed by atoms with van der Waals surface area (Å²) in [5, 5.41) is 3.92. The fourth-order valence-electron chi connectivity index (χ4n) is 2.28. The van der Waals surface area contributed by atoms with E-state index in [9.17, 15) is 9.59 Å². The molecule has 7 heteroatoms. The van der Waals surface area contributed by atoms with Gasteiger partial charge in [0.15, 0.2) is 0 Å². The molecule has 140 valence electrons. The normalized spacial score (nSPS) is 10.5. The molecule has 0 aliphatic heterocycles. The van der Waals surface area contributed by atoms with Gasteiger partial charge in [-0.2, -0.15) is 5.10 Å². The molecule has 1 heterocycles. The molecule has 3 aromatic rings. The number of carbonyl (C=O) groups is 2. The Bertz CT molecular complexity index is 986. The number of hydrogen-bond acceptors (Lipinski definition) is 6. The summed E-state index contributed by atoms with van der Waals surface area (Å²) in [6, 6.07) is 16.6. The van der Waals surface area contributed by atoms with Gasteiger partial charge in [0.1, 0.15) is 11.5 Å². The Kier molecular flexibility index (Phi) is 6.10. The lowest BCUT2D eigenvalue weighted by atomic mass is 10.2.